The van der Waals surface area contributed by atoms with Crippen molar-refractivity contribution < 1.29 is 33.6 Å². The first kappa shape index (κ1) is 32.3. The normalized spacial score (nSPS) is 19.4. The molecule has 3 aromatic rings. The van der Waals surface area contributed by atoms with Crippen LogP contribution in [-0.4, -0.2) is 67.5 Å². The number of hydrogen-bond acceptors (Lipinski definition) is 7. The molecule has 1 saturated heterocycles. The molecule has 0 spiro atoms. The van der Waals surface area contributed by atoms with Crippen molar-refractivity contribution in [3.63, 3.8) is 0 Å². The van der Waals surface area contributed by atoms with E-state index in [1.165, 1.54) is 0 Å². The van der Waals surface area contributed by atoms with Crippen LogP contribution in [0.2, 0.25) is 0 Å². The SMILES string of the molecule is CCc1cccc(CC)c1NC(=O)CN1C[C@H](c2ccc3c(c2)OCCO3)C(C(=O)O)[C@@H]1c1ccc(OCCOC(C)C)cc1. The van der Waals surface area contributed by atoms with Crippen LogP contribution >= 0.6 is 0 Å². The van der Waals surface area contributed by atoms with Crippen LogP contribution in [0.4, 0.5) is 5.69 Å². The average Bonchev–Trinajstić information content (AvgIpc) is 3.42. The highest BCUT2D eigenvalue weighted by atomic mass is 16.6. The molecule has 5 rings (SSSR count). The first-order chi connectivity index (χ1) is 21.8. The van der Waals surface area contributed by atoms with Crippen molar-refractivity contribution in [2.24, 2.45) is 5.92 Å². The molecule has 1 amide bonds. The summed E-state index contributed by atoms with van der Waals surface area (Å²) in [6.45, 7) is 10.3. The number of aliphatic carboxylic acids is 1. The maximum Gasteiger partial charge on any atom is 0.309 e. The van der Waals surface area contributed by atoms with Gasteiger partial charge in [-0.2, -0.15) is 0 Å². The summed E-state index contributed by atoms with van der Waals surface area (Å²) in [6, 6.07) is 18.7. The Morgan fingerprint density at radius 3 is 2.24 bits per heavy atom. The molecule has 3 atom stereocenters. The van der Waals surface area contributed by atoms with Crippen LogP contribution in [0.15, 0.2) is 60.7 Å². The van der Waals surface area contributed by atoms with Gasteiger partial charge in [-0.1, -0.05) is 50.2 Å². The van der Waals surface area contributed by atoms with Crippen LogP contribution in [-0.2, 0) is 27.2 Å². The van der Waals surface area contributed by atoms with Crippen LogP contribution < -0.4 is 19.5 Å². The van der Waals surface area contributed by atoms with Crippen molar-refractivity contribution in [1.29, 1.82) is 0 Å². The summed E-state index contributed by atoms with van der Waals surface area (Å²) in [5.74, 6) is -0.339. The Hall–Kier alpha value is -4.08. The highest BCUT2D eigenvalue weighted by Gasteiger charge is 2.48. The summed E-state index contributed by atoms with van der Waals surface area (Å²) in [5.41, 5.74) is 4.66. The number of carbonyl (C=O) groups is 2. The van der Waals surface area contributed by atoms with Gasteiger partial charge >= 0.3 is 5.97 Å². The second-order valence-electron chi connectivity index (χ2n) is 11.8. The molecule has 2 heterocycles. The fourth-order valence-electron chi connectivity index (χ4n) is 6.39. The average molecular weight is 617 g/mol. The number of para-hydroxylation sites is 1. The number of carboxylic acids is 1. The number of likely N-dealkylation sites (tertiary alicyclic amines) is 1. The summed E-state index contributed by atoms with van der Waals surface area (Å²) in [6.07, 6.45) is 1.71. The van der Waals surface area contributed by atoms with Gasteiger partial charge in [-0.15, -0.1) is 0 Å². The number of benzene rings is 3. The third-order valence-electron chi connectivity index (χ3n) is 8.51. The number of hydrogen-bond donors (Lipinski definition) is 2. The molecule has 2 aliphatic rings. The lowest BCUT2D eigenvalue weighted by Gasteiger charge is -2.27. The molecule has 2 aliphatic heterocycles. The van der Waals surface area contributed by atoms with E-state index < -0.39 is 17.9 Å². The Kier molecular flexibility index (Phi) is 10.6. The predicted octanol–water partition coefficient (Wildman–Crippen LogP) is 5.87. The van der Waals surface area contributed by atoms with Crippen molar-refractivity contribution in [1.82, 2.24) is 4.90 Å². The Labute approximate surface area is 265 Å². The number of carboxylic acid groups (broad SMARTS) is 1. The van der Waals surface area contributed by atoms with Gasteiger partial charge in [-0.25, -0.2) is 0 Å². The van der Waals surface area contributed by atoms with Gasteiger partial charge in [0, 0.05) is 24.2 Å². The minimum Gasteiger partial charge on any atom is -0.491 e. The molecule has 9 heteroatoms. The molecule has 1 fully saturated rings. The molecule has 45 heavy (non-hydrogen) atoms. The van der Waals surface area contributed by atoms with Gasteiger partial charge in [0.2, 0.25) is 5.91 Å². The molecule has 2 N–H and O–H groups in total. The summed E-state index contributed by atoms with van der Waals surface area (Å²) in [7, 11) is 0. The third-order valence-corrected chi connectivity index (χ3v) is 8.51. The Morgan fingerprint density at radius 1 is 0.933 bits per heavy atom. The van der Waals surface area contributed by atoms with E-state index in [9.17, 15) is 14.7 Å². The predicted molar refractivity (Wildman–Crippen MR) is 172 cm³/mol. The van der Waals surface area contributed by atoms with E-state index >= 15 is 0 Å². The molecule has 0 bridgehead atoms. The number of nitrogens with one attached hydrogen (secondary N) is 1. The highest BCUT2D eigenvalue weighted by Crippen LogP contribution is 2.47. The van der Waals surface area contributed by atoms with Gasteiger partial charge in [0.1, 0.15) is 25.6 Å². The van der Waals surface area contributed by atoms with Gasteiger partial charge in [0.15, 0.2) is 11.5 Å². The number of rotatable bonds is 13. The van der Waals surface area contributed by atoms with Crippen LogP contribution in [0.3, 0.4) is 0 Å². The number of aryl methyl sites for hydroxylation is 2. The summed E-state index contributed by atoms with van der Waals surface area (Å²) in [4.78, 5) is 28.7. The largest absolute Gasteiger partial charge is 0.491 e. The lowest BCUT2D eigenvalue weighted by atomic mass is 9.82. The van der Waals surface area contributed by atoms with E-state index in [0.29, 0.717) is 50.2 Å². The minimum atomic E-state index is -0.918. The van der Waals surface area contributed by atoms with E-state index in [0.717, 1.165) is 40.8 Å². The van der Waals surface area contributed by atoms with Gasteiger partial charge in [0.25, 0.3) is 0 Å². The Balaban J connectivity index is 1.44. The zero-order valence-corrected chi connectivity index (χ0v) is 26.6. The fourth-order valence-corrected chi connectivity index (χ4v) is 6.39. The highest BCUT2D eigenvalue weighted by molar-refractivity contribution is 5.94. The van der Waals surface area contributed by atoms with Crippen molar-refractivity contribution in [3.05, 3.63) is 82.9 Å². The van der Waals surface area contributed by atoms with Crippen molar-refractivity contribution in [2.45, 2.75) is 58.6 Å². The van der Waals surface area contributed by atoms with E-state index in [4.69, 9.17) is 18.9 Å². The first-order valence-corrected chi connectivity index (χ1v) is 15.9. The molecule has 240 valence electrons. The topological polar surface area (TPSA) is 107 Å². The Bertz CT molecular complexity index is 1450. The minimum absolute atomic E-state index is 0.0431. The zero-order chi connectivity index (χ0) is 31.9. The molecule has 0 radical (unpaired) electrons. The van der Waals surface area contributed by atoms with Crippen LogP contribution in [0.1, 0.15) is 61.9 Å². The lowest BCUT2D eigenvalue weighted by molar-refractivity contribution is -0.143. The van der Waals surface area contributed by atoms with Gasteiger partial charge < -0.3 is 29.4 Å². The number of amides is 1. The van der Waals surface area contributed by atoms with Crippen molar-refractivity contribution in [2.75, 3.05) is 44.8 Å². The number of fused-ring (bicyclic) bond motifs is 1. The van der Waals surface area contributed by atoms with E-state index in [2.05, 4.69) is 19.2 Å². The maximum absolute atomic E-state index is 13.7. The van der Waals surface area contributed by atoms with E-state index in [1.807, 2.05) is 79.4 Å². The third kappa shape index (κ3) is 7.60. The molecule has 0 aromatic heterocycles. The van der Waals surface area contributed by atoms with Crippen LogP contribution in [0.25, 0.3) is 0 Å². The quantitative estimate of drug-likeness (QED) is 0.230. The smallest absolute Gasteiger partial charge is 0.309 e. The molecule has 9 nitrogen and oxygen atoms in total. The van der Waals surface area contributed by atoms with E-state index in [1.54, 1.807) is 0 Å². The monoisotopic (exact) mass is 616 g/mol. The standard InChI is InChI=1S/C36H44N2O7/c1-5-24-8-7-9-25(6-2)34(24)37-32(39)22-38-21-29(27-12-15-30-31(20-27)45-19-18-44-30)33(36(40)41)35(38)26-10-13-28(14-11-26)43-17-16-42-23(3)4/h7-15,20,23,29,33,35H,5-6,16-19,21-22H2,1-4H3,(H,37,39)(H,40,41)/t29-,33?,35+/m1/s1. The molecular weight excluding hydrogens is 572 g/mol. The van der Waals surface area contributed by atoms with Crippen molar-refractivity contribution in [3.8, 4) is 17.2 Å². The van der Waals surface area contributed by atoms with Crippen molar-refractivity contribution >= 4 is 17.6 Å². The van der Waals surface area contributed by atoms with Gasteiger partial charge in [0.05, 0.1) is 25.2 Å². The Morgan fingerprint density at radius 2 is 1.60 bits per heavy atom. The van der Waals surface area contributed by atoms with Gasteiger partial charge in [-0.3, -0.25) is 14.5 Å². The molecule has 3 aromatic carbocycles. The number of ether oxygens (including phenoxy) is 4. The lowest BCUT2D eigenvalue weighted by Crippen LogP contribution is -2.35. The molecular formula is C36H44N2O7. The second-order valence-corrected chi connectivity index (χ2v) is 11.8. The molecule has 1 unspecified atom stereocenters. The fraction of sp³-hybridized carbons (Fsp3) is 0.444. The number of carbonyl (C=O) groups excluding carboxylic acids is 1. The molecule has 0 aliphatic carbocycles. The van der Waals surface area contributed by atoms with Crippen LogP contribution in [0, 0.1) is 5.92 Å². The molecule has 0 saturated carbocycles. The maximum atomic E-state index is 13.7. The van der Waals surface area contributed by atoms with Gasteiger partial charge in [-0.05, 0) is 73.2 Å². The second kappa shape index (κ2) is 14.8. The summed E-state index contributed by atoms with van der Waals surface area (Å²) < 4.78 is 22.9. The number of anilines is 1. The van der Waals surface area contributed by atoms with E-state index in [-0.39, 0.29) is 24.5 Å². The number of nitrogens with zero attached hydrogens (tertiary/aromatic N) is 1. The van der Waals surface area contributed by atoms with Crippen LogP contribution in [0.5, 0.6) is 17.2 Å². The zero-order valence-electron chi connectivity index (χ0n) is 26.6. The first-order valence-electron chi connectivity index (χ1n) is 15.9. The summed E-state index contributed by atoms with van der Waals surface area (Å²) >= 11 is 0. The summed E-state index contributed by atoms with van der Waals surface area (Å²) in [5, 5.41) is 13.8.